The molecule has 0 radical (unpaired) electrons. The Labute approximate surface area is 166 Å². The molecule has 28 heavy (non-hydrogen) atoms. The van der Waals surface area contributed by atoms with E-state index in [4.69, 9.17) is 4.74 Å². The molecular formula is C21H26N2O4S. The second-order valence-corrected chi connectivity index (χ2v) is 9.00. The van der Waals surface area contributed by atoms with Gasteiger partial charge in [0.2, 0.25) is 10.0 Å². The molecule has 150 valence electrons. The number of anilines is 1. The number of rotatable bonds is 5. The Bertz CT molecular complexity index is 964. The van der Waals surface area contributed by atoms with E-state index in [0.29, 0.717) is 30.3 Å². The lowest BCUT2D eigenvalue weighted by molar-refractivity contribution is 0.0713. The maximum Gasteiger partial charge on any atom is 0.253 e. The van der Waals surface area contributed by atoms with Crippen molar-refractivity contribution < 1.29 is 17.9 Å². The number of hydrogen-bond acceptors (Lipinski definition) is 4. The van der Waals surface area contributed by atoms with Crippen LogP contribution in [-0.4, -0.2) is 45.7 Å². The van der Waals surface area contributed by atoms with Crippen molar-refractivity contribution in [2.75, 3.05) is 31.2 Å². The summed E-state index contributed by atoms with van der Waals surface area (Å²) in [5.74, 6) is 1.18. The van der Waals surface area contributed by atoms with Crippen LogP contribution in [0.4, 0.5) is 5.69 Å². The van der Waals surface area contributed by atoms with E-state index in [0.717, 1.165) is 30.4 Å². The number of hydrogen-bond donors (Lipinski definition) is 1. The molecule has 0 unspecified atom stereocenters. The number of nitrogens with one attached hydrogen (secondary N) is 1. The molecule has 0 spiro atoms. The predicted octanol–water partition coefficient (Wildman–Crippen LogP) is 3.39. The van der Waals surface area contributed by atoms with Crippen LogP contribution in [0.2, 0.25) is 0 Å². The number of benzene rings is 2. The molecule has 6 nitrogen and oxygen atoms in total. The number of ether oxygens (including phenoxy) is 1. The maximum atomic E-state index is 12.9. The summed E-state index contributed by atoms with van der Waals surface area (Å²) in [5.41, 5.74) is 2.95. The second kappa shape index (κ2) is 8.22. The normalized spacial score (nSPS) is 15.3. The number of aryl methyl sites for hydroxylation is 1. The van der Waals surface area contributed by atoms with Crippen molar-refractivity contribution in [2.45, 2.75) is 25.7 Å². The molecule has 1 N–H and O–H groups in total. The zero-order valence-electron chi connectivity index (χ0n) is 16.4. The summed E-state index contributed by atoms with van der Waals surface area (Å²) in [6.07, 6.45) is 2.88. The molecule has 1 amide bonds. The minimum atomic E-state index is -3.40. The lowest BCUT2D eigenvalue weighted by Gasteiger charge is -2.32. The Hall–Kier alpha value is -2.54. The Morgan fingerprint density at radius 1 is 1.14 bits per heavy atom. The van der Waals surface area contributed by atoms with Gasteiger partial charge in [-0.05, 0) is 61.1 Å². The molecular weight excluding hydrogens is 376 g/mol. The number of amides is 1. The van der Waals surface area contributed by atoms with Crippen LogP contribution in [0, 0.1) is 6.92 Å². The molecule has 0 atom stereocenters. The van der Waals surface area contributed by atoms with Gasteiger partial charge in [-0.2, -0.15) is 0 Å². The third-order valence-electron chi connectivity index (χ3n) is 5.13. The van der Waals surface area contributed by atoms with Gasteiger partial charge < -0.3 is 9.64 Å². The number of methoxy groups -OCH3 is 1. The molecule has 7 heteroatoms. The van der Waals surface area contributed by atoms with Crippen molar-refractivity contribution in [2.24, 2.45) is 0 Å². The Morgan fingerprint density at radius 2 is 1.86 bits per heavy atom. The van der Waals surface area contributed by atoms with Crippen molar-refractivity contribution in [3.05, 3.63) is 59.2 Å². The Balaban J connectivity index is 1.69. The summed E-state index contributed by atoms with van der Waals surface area (Å²) in [6.45, 7) is 3.15. The fourth-order valence-corrected chi connectivity index (χ4v) is 4.18. The van der Waals surface area contributed by atoms with Crippen LogP contribution in [-0.2, 0) is 10.0 Å². The van der Waals surface area contributed by atoms with Crippen molar-refractivity contribution in [1.82, 2.24) is 4.90 Å². The minimum absolute atomic E-state index is 0.0688. The molecule has 3 rings (SSSR count). The molecule has 0 aliphatic carbocycles. The van der Waals surface area contributed by atoms with Crippen molar-refractivity contribution in [1.29, 1.82) is 0 Å². The molecule has 0 bridgehead atoms. The maximum absolute atomic E-state index is 12.9. The first kappa shape index (κ1) is 20.2. The van der Waals surface area contributed by atoms with Gasteiger partial charge in [0.05, 0.1) is 19.1 Å². The average molecular weight is 403 g/mol. The van der Waals surface area contributed by atoms with E-state index in [-0.39, 0.29) is 5.91 Å². The molecule has 1 heterocycles. The fourth-order valence-electron chi connectivity index (χ4n) is 3.56. The highest BCUT2D eigenvalue weighted by Gasteiger charge is 2.25. The van der Waals surface area contributed by atoms with E-state index >= 15 is 0 Å². The zero-order chi connectivity index (χ0) is 20.3. The number of sulfonamides is 1. The van der Waals surface area contributed by atoms with Gasteiger partial charge in [-0.3, -0.25) is 9.52 Å². The summed E-state index contributed by atoms with van der Waals surface area (Å²) >= 11 is 0. The van der Waals surface area contributed by atoms with Crippen molar-refractivity contribution in [3.8, 4) is 5.75 Å². The summed E-state index contributed by atoms with van der Waals surface area (Å²) in [7, 11) is -1.73. The highest BCUT2D eigenvalue weighted by Crippen LogP contribution is 2.31. The third kappa shape index (κ3) is 4.84. The van der Waals surface area contributed by atoms with Crippen LogP contribution >= 0.6 is 0 Å². The van der Waals surface area contributed by atoms with Gasteiger partial charge in [0, 0.05) is 18.7 Å². The van der Waals surface area contributed by atoms with Gasteiger partial charge in [0.1, 0.15) is 5.75 Å². The van der Waals surface area contributed by atoms with Gasteiger partial charge in [0.15, 0.2) is 0 Å². The molecule has 1 aliphatic rings. The van der Waals surface area contributed by atoms with Crippen LogP contribution < -0.4 is 9.46 Å². The monoisotopic (exact) mass is 402 g/mol. The molecule has 1 saturated heterocycles. The smallest absolute Gasteiger partial charge is 0.253 e. The largest absolute Gasteiger partial charge is 0.497 e. The molecule has 0 aromatic heterocycles. The van der Waals surface area contributed by atoms with Crippen molar-refractivity contribution in [3.63, 3.8) is 0 Å². The SMILES string of the molecule is COc1cccc(C2CCN(C(=O)c3ccc(C)c(NS(C)(=O)=O)c3)CC2)c1. The van der Waals surface area contributed by atoms with Gasteiger partial charge in [-0.15, -0.1) is 0 Å². The van der Waals surface area contributed by atoms with Gasteiger partial charge in [-0.1, -0.05) is 18.2 Å². The topological polar surface area (TPSA) is 75.7 Å². The first-order valence-electron chi connectivity index (χ1n) is 9.28. The molecule has 1 fully saturated rings. The number of piperidine rings is 1. The molecule has 0 saturated carbocycles. The first-order chi connectivity index (χ1) is 13.3. The van der Waals surface area contributed by atoms with Gasteiger partial charge in [-0.25, -0.2) is 8.42 Å². The van der Waals surface area contributed by atoms with E-state index in [1.807, 2.05) is 17.0 Å². The van der Waals surface area contributed by atoms with E-state index in [2.05, 4.69) is 16.9 Å². The van der Waals surface area contributed by atoms with Crippen LogP contribution in [0.5, 0.6) is 5.75 Å². The number of carbonyl (C=O) groups is 1. The highest BCUT2D eigenvalue weighted by atomic mass is 32.2. The third-order valence-corrected chi connectivity index (χ3v) is 5.72. The second-order valence-electron chi connectivity index (χ2n) is 7.25. The lowest BCUT2D eigenvalue weighted by atomic mass is 9.89. The Morgan fingerprint density at radius 3 is 2.50 bits per heavy atom. The van der Waals surface area contributed by atoms with Gasteiger partial charge in [0.25, 0.3) is 5.91 Å². The average Bonchev–Trinajstić information content (AvgIpc) is 2.68. The van der Waals surface area contributed by atoms with E-state index < -0.39 is 10.0 Å². The standard InChI is InChI=1S/C21H26N2O4S/c1-15-7-8-18(14-20(15)22-28(3,25)26)21(24)23-11-9-16(10-12-23)17-5-4-6-19(13-17)27-2/h4-8,13-14,16,22H,9-12H2,1-3H3. The van der Waals surface area contributed by atoms with Crippen molar-refractivity contribution >= 4 is 21.6 Å². The van der Waals surface area contributed by atoms with E-state index in [9.17, 15) is 13.2 Å². The van der Waals surface area contributed by atoms with Crippen LogP contribution in [0.25, 0.3) is 0 Å². The summed E-state index contributed by atoms with van der Waals surface area (Å²) in [4.78, 5) is 14.7. The molecule has 2 aromatic rings. The van der Waals surface area contributed by atoms with Gasteiger partial charge >= 0.3 is 0 Å². The van der Waals surface area contributed by atoms with Crippen LogP contribution in [0.3, 0.4) is 0 Å². The highest BCUT2D eigenvalue weighted by molar-refractivity contribution is 7.92. The Kier molecular flexibility index (Phi) is 5.93. The number of nitrogens with zero attached hydrogens (tertiary/aromatic N) is 1. The van der Waals surface area contributed by atoms with Crippen LogP contribution in [0.1, 0.15) is 40.2 Å². The predicted molar refractivity (Wildman–Crippen MR) is 111 cm³/mol. The minimum Gasteiger partial charge on any atom is -0.497 e. The first-order valence-corrected chi connectivity index (χ1v) is 11.2. The van der Waals surface area contributed by atoms with E-state index in [1.54, 1.807) is 32.2 Å². The fraction of sp³-hybridized carbons (Fsp3) is 0.381. The van der Waals surface area contributed by atoms with Crippen LogP contribution in [0.15, 0.2) is 42.5 Å². The quantitative estimate of drug-likeness (QED) is 0.832. The lowest BCUT2D eigenvalue weighted by Crippen LogP contribution is -2.38. The summed E-state index contributed by atoms with van der Waals surface area (Å²) < 4.78 is 30.9. The zero-order valence-corrected chi connectivity index (χ0v) is 17.3. The number of carbonyl (C=O) groups excluding carboxylic acids is 1. The molecule has 1 aliphatic heterocycles. The summed E-state index contributed by atoms with van der Waals surface area (Å²) in [6, 6.07) is 13.2. The summed E-state index contributed by atoms with van der Waals surface area (Å²) in [5, 5.41) is 0. The molecule has 2 aromatic carbocycles. The number of likely N-dealkylation sites (tertiary alicyclic amines) is 1. The van der Waals surface area contributed by atoms with E-state index in [1.165, 1.54) is 5.56 Å².